The maximum atomic E-state index is 13.1. The Bertz CT molecular complexity index is 485. The van der Waals surface area contributed by atoms with E-state index in [-0.39, 0.29) is 0 Å². The highest BCUT2D eigenvalue weighted by Crippen LogP contribution is 2.33. The van der Waals surface area contributed by atoms with E-state index in [1.54, 1.807) is 0 Å². The van der Waals surface area contributed by atoms with E-state index in [2.05, 4.69) is 0 Å². The Labute approximate surface area is 88.1 Å². The van der Waals surface area contributed by atoms with Crippen molar-refractivity contribution in [2.45, 2.75) is 13.1 Å². The number of nitrogens with zero attached hydrogens (tertiary/aromatic N) is 1. The van der Waals surface area contributed by atoms with Gasteiger partial charge in [-0.2, -0.15) is 18.4 Å². The Morgan fingerprint density at radius 2 is 1.94 bits per heavy atom. The summed E-state index contributed by atoms with van der Waals surface area (Å²) in [5, 5.41) is 8.43. The average Bonchev–Trinajstić information content (AvgIpc) is 2.14. The van der Waals surface area contributed by atoms with E-state index < -0.39 is 34.5 Å². The van der Waals surface area contributed by atoms with Crippen LogP contribution >= 0.6 is 0 Å². The van der Waals surface area contributed by atoms with Gasteiger partial charge in [-0.1, -0.05) is 0 Å². The molecule has 2 nitrogen and oxygen atoms in total. The SMILES string of the molecule is CC(=O)c1cc(C(F)(F)F)c(C#N)cc1F. The summed E-state index contributed by atoms with van der Waals surface area (Å²) in [4.78, 5) is 10.9. The monoisotopic (exact) mass is 231 g/mol. The van der Waals surface area contributed by atoms with Gasteiger partial charge >= 0.3 is 6.18 Å². The highest BCUT2D eigenvalue weighted by atomic mass is 19.4. The first-order chi connectivity index (χ1) is 7.27. The van der Waals surface area contributed by atoms with Crippen molar-refractivity contribution < 1.29 is 22.4 Å². The molecule has 0 aliphatic rings. The Morgan fingerprint density at radius 1 is 1.38 bits per heavy atom. The number of nitriles is 1. The third kappa shape index (κ3) is 2.19. The van der Waals surface area contributed by atoms with Gasteiger partial charge in [0.15, 0.2) is 5.78 Å². The highest BCUT2D eigenvalue weighted by molar-refractivity contribution is 5.94. The van der Waals surface area contributed by atoms with Crippen LogP contribution in [0.3, 0.4) is 0 Å². The fraction of sp³-hybridized carbons (Fsp3) is 0.200. The van der Waals surface area contributed by atoms with Gasteiger partial charge in [0, 0.05) is 0 Å². The van der Waals surface area contributed by atoms with Crippen LogP contribution in [0, 0.1) is 17.1 Å². The summed E-state index contributed by atoms with van der Waals surface area (Å²) in [6, 6.07) is 2.01. The summed E-state index contributed by atoms with van der Waals surface area (Å²) in [5.41, 5.74) is -2.82. The zero-order valence-corrected chi connectivity index (χ0v) is 8.02. The lowest BCUT2D eigenvalue weighted by atomic mass is 10.0. The molecule has 0 saturated heterocycles. The number of carbonyl (C=O) groups excluding carboxylic acids is 1. The summed E-state index contributed by atoms with van der Waals surface area (Å²) in [7, 11) is 0. The van der Waals surface area contributed by atoms with Gasteiger partial charge in [-0.05, 0) is 19.1 Å². The quantitative estimate of drug-likeness (QED) is 0.550. The minimum absolute atomic E-state index is 0.357. The second-order valence-corrected chi connectivity index (χ2v) is 3.04. The number of hydrogen-bond acceptors (Lipinski definition) is 2. The molecule has 0 heterocycles. The van der Waals surface area contributed by atoms with Gasteiger partial charge in [0.2, 0.25) is 0 Å². The Hall–Kier alpha value is -1.90. The molecule has 0 N–H and O–H groups in total. The van der Waals surface area contributed by atoms with Crippen LogP contribution < -0.4 is 0 Å². The van der Waals surface area contributed by atoms with Gasteiger partial charge < -0.3 is 0 Å². The lowest BCUT2D eigenvalue weighted by Gasteiger charge is -2.10. The summed E-state index contributed by atoms with van der Waals surface area (Å²) in [5.74, 6) is -1.95. The maximum absolute atomic E-state index is 13.1. The Balaban J connectivity index is 3.55. The van der Waals surface area contributed by atoms with Crippen molar-refractivity contribution in [1.82, 2.24) is 0 Å². The molecule has 0 fully saturated rings. The number of benzene rings is 1. The number of carbonyl (C=O) groups is 1. The van der Waals surface area contributed by atoms with Crippen LogP contribution in [0.4, 0.5) is 17.6 Å². The summed E-state index contributed by atoms with van der Waals surface area (Å²) < 4.78 is 50.4. The minimum atomic E-state index is -4.79. The van der Waals surface area contributed by atoms with Gasteiger partial charge in [0.25, 0.3) is 0 Å². The van der Waals surface area contributed by atoms with Crippen molar-refractivity contribution in [2.75, 3.05) is 0 Å². The van der Waals surface area contributed by atoms with Crippen LogP contribution in [0.1, 0.15) is 28.4 Å². The molecule has 0 aliphatic heterocycles. The van der Waals surface area contributed by atoms with E-state index in [1.807, 2.05) is 0 Å². The first-order valence-electron chi connectivity index (χ1n) is 4.09. The predicted octanol–water partition coefficient (Wildman–Crippen LogP) is 2.92. The van der Waals surface area contributed by atoms with E-state index in [9.17, 15) is 22.4 Å². The second-order valence-electron chi connectivity index (χ2n) is 3.04. The molecule has 0 saturated carbocycles. The van der Waals surface area contributed by atoms with Crippen LogP contribution in [-0.2, 0) is 6.18 Å². The number of ketones is 1. The first kappa shape index (κ1) is 12.2. The maximum Gasteiger partial charge on any atom is 0.417 e. The molecule has 0 spiro atoms. The molecule has 0 bridgehead atoms. The molecule has 0 atom stereocenters. The summed E-state index contributed by atoms with van der Waals surface area (Å²) in [6.45, 7) is 0.949. The van der Waals surface area contributed by atoms with E-state index in [0.29, 0.717) is 12.1 Å². The fourth-order valence-electron chi connectivity index (χ4n) is 1.17. The molecule has 0 amide bonds. The average molecular weight is 231 g/mol. The second kappa shape index (κ2) is 3.93. The van der Waals surface area contributed by atoms with E-state index in [1.165, 1.54) is 6.07 Å². The number of hydrogen-bond donors (Lipinski definition) is 0. The molecule has 6 heteroatoms. The topological polar surface area (TPSA) is 40.9 Å². The van der Waals surface area contributed by atoms with Gasteiger partial charge in [0.05, 0.1) is 22.8 Å². The molecular weight excluding hydrogens is 226 g/mol. The number of alkyl halides is 3. The van der Waals surface area contributed by atoms with Gasteiger partial charge in [-0.15, -0.1) is 0 Å². The van der Waals surface area contributed by atoms with Gasteiger partial charge in [-0.25, -0.2) is 4.39 Å². The van der Waals surface area contributed by atoms with Crippen molar-refractivity contribution in [3.8, 4) is 6.07 Å². The van der Waals surface area contributed by atoms with Gasteiger partial charge in [-0.3, -0.25) is 4.79 Å². The largest absolute Gasteiger partial charge is 0.417 e. The lowest BCUT2D eigenvalue weighted by Crippen LogP contribution is -2.11. The molecule has 1 aromatic rings. The minimum Gasteiger partial charge on any atom is -0.294 e. The Kier molecular flexibility index (Phi) is 2.99. The molecule has 1 rings (SSSR count). The van der Waals surface area contributed by atoms with Crippen LogP contribution in [0.25, 0.3) is 0 Å². The van der Waals surface area contributed by atoms with Crippen molar-refractivity contribution in [3.63, 3.8) is 0 Å². The fourth-order valence-corrected chi connectivity index (χ4v) is 1.17. The van der Waals surface area contributed by atoms with Crippen LogP contribution in [-0.4, -0.2) is 5.78 Å². The predicted molar refractivity (Wildman–Crippen MR) is 46.1 cm³/mol. The van der Waals surface area contributed by atoms with Crippen LogP contribution in [0.5, 0.6) is 0 Å². The molecule has 84 valence electrons. The van der Waals surface area contributed by atoms with E-state index in [4.69, 9.17) is 5.26 Å². The molecule has 0 aliphatic carbocycles. The number of Topliss-reactive ketones (excluding diaryl/α,β-unsaturated/α-hetero) is 1. The van der Waals surface area contributed by atoms with Crippen molar-refractivity contribution in [1.29, 1.82) is 5.26 Å². The first-order valence-corrected chi connectivity index (χ1v) is 4.09. The highest BCUT2D eigenvalue weighted by Gasteiger charge is 2.35. The normalized spacial score (nSPS) is 11.0. The molecule has 0 unspecified atom stereocenters. The van der Waals surface area contributed by atoms with E-state index in [0.717, 1.165) is 6.92 Å². The van der Waals surface area contributed by atoms with Crippen molar-refractivity contribution in [3.05, 3.63) is 34.6 Å². The molecule has 16 heavy (non-hydrogen) atoms. The number of halogens is 4. The number of rotatable bonds is 1. The summed E-state index contributed by atoms with van der Waals surface area (Å²) >= 11 is 0. The standard InChI is InChI=1S/C10H5F4NO/c1-5(16)7-3-8(10(12,13)14)6(4-15)2-9(7)11/h2-3H,1H3. The van der Waals surface area contributed by atoms with Gasteiger partial charge in [0.1, 0.15) is 5.82 Å². The molecule has 0 aromatic heterocycles. The third-order valence-corrected chi connectivity index (χ3v) is 1.91. The lowest BCUT2D eigenvalue weighted by molar-refractivity contribution is -0.137. The van der Waals surface area contributed by atoms with E-state index >= 15 is 0 Å². The zero-order valence-electron chi connectivity index (χ0n) is 8.02. The van der Waals surface area contributed by atoms with Crippen molar-refractivity contribution in [2.24, 2.45) is 0 Å². The molecular formula is C10H5F4NO. The van der Waals surface area contributed by atoms with Crippen molar-refractivity contribution >= 4 is 5.78 Å². The molecule has 1 aromatic carbocycles. The summed E-state index contributed by atoms with van der Waals surface area (Å²) in [6.07, 6.45) is -4.79. The van der Waals surface area contributed by atoms with Crippen LogP contribution in [0.15, 0.2) is 12.1 Å². The molecule has 0 radical (unpaired) electrons. The van der Waals surface area contributed by atoms with Crippen LogP contribution in [0.2, 0.25) is 0 Å². The smallest absolute Gasteiger partial charge is 0.294 e. The third-order valence-electron chi connectivity index (χ3n) is 1.91. The Morgan fingerprint density at radius 3 is 2.31 bits per heavy atom. The zero-order chi connectivity index (χ0) is 12.5.